The molecule has 0 fully saturated rings. The Hall–Kier alpha value is -2.57. The zero-order valence-electron chi connectivity index (χ0n) is 12.9. The summed E-state index contributed by atoms with van der Waals surface area (Å²) in [7, 11) is 0. The Kier molecular flexibility index (Phi) is 5.53. The number of carbonyl (C=O) groups is 1. The van der Waals surface area contributed by atoms with Crippen molar-refractivity contribution in [1.82, 2.24) is 15.5 Å². The summed E-state index contributed by atoms with van der Waals surface area (Å²) in [4.78, 5) is 11.9. The van der Waals surface area contributed by atoms with Gasteiger partial charge in [0.1, 0.15) is 5.75 Å². The molecule has 0 saturated heterocycles. The Morgan fingerprint density at radius 2 is 1.96 bits per heavy atom. The maximum atomic E-state index is 11.9. The molecule has 1 heterocycles. The van der Waals surface area contributed by atoms with E-state index in [0.29, 0.717) is 28.2 Å². The second kappa shape index (κ2) is 8.00. The van der Waals surface area contributed by atoms with Crippen LogP contribution in [-0.2, 0) is 11.3 Å². The van der Waals surface area contributed by atoms with Gasteiger partial charge in [-0.05, 0) is 42.0 Å². The molecule has 0 atom stereocenters. The average molecular weight is 378 g/mol. The van der Waals surface area contributed by atoms with Crippen LogP contribution < -0.4 is 10.1 Å². The van der Waals surface area contributed by atoms with Crippen LogP contribution in [-0.4, -0.2) is 22.7 Å². The fourth-order valence-electron chi connectivity index (χ4n) is 2.05. The third kappa shape index (κ3) is 4.71. The molecule has 1 N–H and O–H groups in total. The first-order valence-corrected chi connectivity index (χ1v) is 8.07. The molecule has 128 valence electrons. The fourth-order valence-corrected chi connectivity index (χ4v) is 2.53. The lowest BCUT2D eigenvalue weighted by atomic mass is 10.2. The van der Waals surface area contributed by atoms with Crippen LogP contribution in [0.15, 0.2) is 53.3 Å². The van der Waals surface area contributed by atoms with Gasteiger partial charge in [0.25, 0.3) is 5.91 Å². The topological polar surface area (TPSA) is 77.2 Å². The van der Waals surface area contributed by atoms with Crippen LogP contribution in [0.2, 0.25) is 10.0 Å². The molecule has 1 amide bonds. The number of halogens is 2. The molecule has 3 aromatic rings. The largest absolute Gasteiger partial charge is 0.484 e. The summed E-state index contributed by atoms with van der Waals surface area (Å²) >= 11 is 11.9. The summed E-state index contributed by atoms with van der Waals surface area (Å²) in [5, 5.41) is 11.2. The van der Waals surface area contributed by atoms with Crippen LogP contribution in [0.1, 0.15) is 5.56 Å². The summed E-state index contributed by atoms with van der Waals surface area (Å²) in [6.07, 6.45) is 1.26. The van der Waals surface area contributed by atoms with E-state index in [-0.39, 0.29) is 12.5 Å². The van der Waals surface area contributed by atoms with Crippen LogP contribution in [0.3, 0.4) is 0 Å². The van der Waals surface area contributed by atoms with E-state index < -0.39 is 0 Å². The predicted molar refractivity (Wildman–Crippen MR) is 93.5 cm³/mol. The number of hydrogen-bond acceptors (Lipinski definition) is 5. The van der Waals surface area contributed by atoms with Gasteiger partial charge in [-0.2, -0.15) is 0 Å². The third-order valence-corrected chi connectivity index (χ3v) is 3.91. The average Bonchev–Trinajstić information content (AvgIpc) is 3.14. The molecule has 0 bridgehead atoms. The highest BCUT2D eigenvalue weighted by Crippen LogP contribution is 2.21. The fraction of sp³-hybridized carbons (Fsp3) is 0.118. The molecule has 1 aromatic heterocycles. The van der Waals surface area contributed by atoms with Gasteiger partial charge in [-0.25, -0.2) is 0 Å². The van der Waals surface area contributed by atoms with Crippen molar-refractivity contribution in [2.24, 2.45) is 0 Å². The quantitative estimate of drug-likeness (QED) is 0.707. The smallest absolute Gasteiger partial charge is 0.258 e. The lowest BCUT2D eigenvalue weighted by molar-refractivity contribution is -0.123. The summed E-state index contributed by atoms with van der Waals surface area (Å²) in [5.74, 6) is 0.721. The molecule has 0 aliphatic rings. The van der Waals surface area contributed by atoms with E-state index in [2.05, 4.69) is 15.5 Å². The highest BCUT2D eigenvalue weighted by molar-refractivity contribution is 6.35. The Morgan fingerprint density at radius 1 is 1.16 bits per heavy atom. The van der Waals surface area contributed by atoms with Crippen LogP contribution in [0.25, 0.3) is 11.5 Å². The van der Waals surface area contributed by atoms with E-state index in [4.69, 9.17) is 32.4 Å². The van der Waals surface area contributed by atoms with E-state index in [1.165, 1.54) is 6.39 Å². The normalized spacial score (nSPS) is 10.5. The van der Waals surface area contributed by atoms with E-state index >= 15 is 0 Å². The Labute approximate surface area is 153 Å². The minimum atomic E-state index is -0.257. The van der Waals surface area contributed by atoms with Crippen LogP contribution >= 0.6 is 23.2 Å². The lowest BCUT2D eigenvalue weighted by Gasteiger charge is -2.09. The summed E-state index contributed by atoms with van der Waals surface area (Å²) in [6.45, 7) is 0.194. The van der Waals surface area contributed by atoms with Crippen LogP contribution in [0.5, 0.6) is 5.75 Å². The first kappa shape index (κ1) is 17.3. The minimum absolute atomic E-state index is 0.106. The molecule has 3 rings (SSSR count). The summed E-state index contributed by atoms with van der Waals surface area (Å²) in [5.41, 5.74) is 1.55. The number of rotatable bonds is 6. The van der Waals surface area contributed by atoms with Crippen LogP contribution in [0, 0.1) is 0 Å². The predicted octanol–water partition coefficient (Wildman–Crippen LogP) is 3.74. The van der Waals surface area contributed by atoms with E-state index in [0.717, 1.165) is 11.1 Å². The van der Waals surface area contributed by atoms with Crippen molar-refractivity contribution in [1.29, 1.82) is 0 Å². The monoisotopic (exact) mass is 377 g/mol. The second-order valence-corrected chi connectivity index (χ2v) is 5.91. The van der Waals surface area contributed by atoms with Gasteiger partial charge in [-0.15, -0.1) is 10.2 Å². The summed E-state index contributed by atoms with van der Waals surface area (Å²) < 4.78 is 10.5. The first-order valence-electron chi connectivity index (χ1n) is 7.32. The van der Waals surface area contributed by atoms with Crippen LogP contribution in [0.4, 0.5) is 0 Å². The first-order chi connectivity index (χ1) is 12.1. The number of carbonyl (C=O) groups excluding carboxylic acids is 1. The number of ether oxygens (including phenoxy) is 1. The summed E-state index contributed by atoms with van der Waals surface area (Å²) in [6, 6.07) is 12.1. The van der Waals surface area contributed by atoms with Crippen molar-refractivity contribution >= 4 is 29.1 Å². The van der Waals surface area contributed by atoms with Gasteiger partial charge in [-0.1, -0.05) is 29.3 Å². The van der Waals surface area contributed by atoms with E-state index in [1.54, 1.807) is 42.5 Å². The minimum Gasteiger partial charge on any atom is -0.484 e. The maximum Gasteiger partial charge on any atom is 0.258 e. The number of nitrogens with one attached hydrogen (secondary N) is 1. The van der Waals surface area contributed by atoms with Crippen molar-refractivity contribution in [3.05, 3.63) is 64.5 Å². The van der Waals surface area contributed by atoms with Crippen molar-refractivity contribution < 1.29 is 13.9 Å². The van der Waals surface area contributed by atoms with Gasteiger partial charge in [0, 0.05) is 22.2 Å². The van der Waals surface area contributed by atoms with Crippen molar-refractivity contribution in [3.63, 3.8) is 0 Å². The van der Waals surface area contributed by atoms with Gasteiger partial charge in [0.15, 0.2) is 6.61 Å². The standard InChI is InChI=1S/C17H13Cl2N3O3/c18-13-4-1-12(15(19)7-13)8-20-16(23)9-24-14-5-2-11(3-6-14)17-22-21-10-25-17/h1-7,10H,8-9H2,(H,20,23). The molecule has 0 unspecified atom stereocenters. The molecular formula is C17H13Cl2N3O3. The molecule has 0 spiro atoms. The number of aromatic nitrogens is 2. The molecule has 2 aromatic carbocycles. The molecule has 0 radical (unpaired) electrons. The Morgan fingerprint density at radius 3 is 2.64 bits per heavy atom. The number of nitrogens with zero attached hydrogens (tertiary/aromatic N) is 2. The molecule has 25 heavy (non-hydrogen) atoms. The highest BCUT2D eigenvalue weighted by atomic mass is 35.5. The van der Waals surface area contributed by atoms with Gasteiger partial charge >= 0.3 is 0 Å². The Bertz CT molecular complexity index is 852. The van der Waals surface area contributed by atoms with Gasteiger partial charge in [0.05, 0.1) is 0 Å². The zero-order valence-corrected chi connectivity index (χ0v) is 14.4. The lowest BCUT2D eigenvalue weighted by Crippen LogP contribution is -2.28. The molecule has 8 heteroatoms. The van der Waals surface area contributed by atoms with Gasteiger partial charge < -0.3 is 14.5 Å². The highest BCUT2D eigenvalue weighted by Gasteiger charge is 2.07. The maximum absolute atomic E-state index is 11.9. The third-order valence-electron chi connectivity index (χ3n) is 3.32. The van der Waals surface area contributed by atoms with Crippen molar-refractivity contribution in [3.8, 4) is 17.2 Å². The van der Waals surface area contributed by atoms with Crippen molar-refractivity contribution in [2.45, 2.75) is 6.54 Å². The number of benzene rings is 2. The van der Waals surface area contributed by atoms with Crippen molar-refractivity contribution in [2.75, 3.05) is 6.61 Å². The Balaban J connectivity index is 1.49. The number of hydrogen-bond donors (Lipinski definition) is 1. The van der Waals surface area contributed by atoms with Gasteiger partial charge in [0.2, 0.25) is 12.3 Å². The molecular weight excluding hydrogens is 365 g/mol. The van der Waals surface area contributed by atoms with E-state index in [1.807, 2.05) is 0 Å². The zero-order chi connectivity index (χ0) is 17.6. The molecule has 0 aliphatic carbocycles. The SMILES string of the molecule is O=C(COc1ccc(-c2nnco2)cc1)NCc1ccc(Cl)cc1Cl. The van der Waals surface area contributed by atoms with E-state index in [9.17, 15) is 4.79 Å². The van der Waals surface area contributed by atoms with Gasteiger partial charge in [-0.3, -0.25) is 4.79 Å². The number of amides is 1. The molecule has 0 saturated carbocycles. The molecule has 0 aliphatic heterocycles. The molecule has 6 nitrogen and oxygen atoms in total. The second-order valence-electron chi connectivity index (χ2n) is 5.07.